The van der Waals surface area contributed by atoms with Crippen LogP contribution in [0.1, 0.15) is 28.7 Å². The maximum absolute atomic E-state index is 11.6. The first-order chi connectivity index (χ1) is 11.2. The molecule has 1 aromatic heterocycles. The van der Waals surface area contributed by atoms with Gasteiger partial charge in [-0.25, -0.2) is 4.98 Å². The highest BCUT2D eigenvalue weighted by atomic mass is 16.2. The number of amides is 1. The zero-order valence-corrected chi connectivity index (χ0v) is 13.0. The lowest BCUT2D eigenvalue weighted by atomic mass is 10.1. The fourth-order valence-corrected chi connectivity index (χ4v) is 2.81. The van der Waals surface area contributed by atoms with Gasteiger partial charge in [0.25, 0.3) is 5.91 Å². The molecule has 0 spiro atoms. The molecule has 0 aliphatic carbocycles. The SMILES string of the molecule is CCc1nc2c(C(N)=O)cccc2n1-c1ccc(CCO)cc1. The second kappa shape index (κ2) is 6.22. The molecule has 118 valence electrons. The van der Waals surface area contributed by atoms with Gasteiger partial charge in [-0.1, -0.05) is 25.1 Å². The van der Waals surface area contributed by atoms with E-state index in [1.54, 1.807) is 6.07 Å². The van der Waals surface area contributed by atoms with Crippen LogP contribution >= 0.6 is 0 Å². The first kappa shape index (κ1) is 15.2. The van der Waals surface area contributed by atoms with Crippen molar-refractivity contribution in [1.82, 2.24) is 9.55 Å². The number of benzene rings is 2. The molecule has 0 unspecified atom stereocenters. The molecule has 3 aromatic rings. The number of rotatable bonds is 5. The number of hydrogen-bond acceptors (Lipinski definition) is 3. The minimum atomic E-state index is -0.471. The van der Waals surface area contributed by atoms with Crippen LogP contribution in [-0.2, 0) is 12.8 Å². The number of carbonyl (C=O) groups excluding carboxylic acids is 1. The molecule has 0 radical (unpaired) electrons. The molecule has 23 heavy (non-hydrogen) atoms. The van der Waals surface area contributed by atoms with E-state index >= 15 is 0 Å². The Balaban J connectivity index is 2.19. The van der Waals surface area contributed by atoms with Gasteiger partial charge in [-0.15, -0.1) is 0 Å². The van der Waals surface area contributed by atoms with Gasteiger partial charge in [-0.3, -0.25) is 9.36 Å². The minimum Gasteiger partial charge on any atom is -0.396 e. The summed E-state index contributed by atoms with van der Waals surface area (Å²) in [6.07, 6.45) is 1.38. The van der Waals surface area contributed by atoms with Crippen LogP contribution in [0.3, 0.4) is 0 Å². The monoisotopic (exact) mass is 309 g/mol. The average molecular weight is 309 g/mol. The Bertz CT molecular complexity index is 851. The minimum absolute atomic E-state index is 0.134. The standard InChI is InChI=1S/C18H19N3O2/c1-2-16-20-17-14(18(19)23)4-3-5-15(17)21(16)13-8-6-12(7-9-13)10-11-22/h3-9,22H,2,10-11H2,1H3,(H2,19,23). The Labute approximate surface area is 134 Å². The second-order valence-corrected chi connectivity index (χ2v) is 5.39. The number of aliphatic hydroxyl groups is 1. The molecule has 3 N–H and O–H groups in total. The zero-order chi connectivity index (χ0) is 16.4. The van der Waals surface area contributed by atoms with E-state index in [1.807, 2.05) is 47.9 Å². The number of aromatic nitrogens is 2. The van der Waals surface area contributed by atoms with Crippen molar-refractivity contribution in [2.24, 2.45) is 5.73 Å². The predicted octanol–water partition coefficient (Wildman–Crippen LogP) is 2.22. The van der Waals surface area contributed by atoms with Crippen molar-refractivity contribution >= 4 is 16.9 Å². The molecule has 5 nitrogen and oxygen atoms in total. The van der Waals surface area contributed by atoms with Gasteiger partial charge in [0.15, 0.2) is 0 Å². The number of aryl methyl sites for hydroxylation is 1. The molecule has 0 bridgehead atoms. The first-order valence-electron chi connectivity index (χ1n) is 7.66. The third-order valence-corrected chi connectivity index (χ3v) is 3.93. The highest BCUT2D eigenvalue weighted by Gasteiger charge is 2.16. The largest absolute Gasteiger partial charge is 0.396 e. The summed E-state index contributed by atoms with van der Waals surface area (Å²) in [6.45, 7) is 2.16. The molecule has 0 atom stereocenters. The maximum atomic E-state index is 11.6. The quantitative estimate of drug-likeness (QED) is 0.758. The van der Waals surface area contributed by atoms with Crippen LogP contribution < -0.4 is 5.73 Å². The summed E-state index contributed by atoms with van der Waals surface area (Å²) in [6, 6.07) is 13.5. The molecular formula is C18H19N3O2. The van der Waals surface area contributed by atoms with Crippen LogP contribution in [0, 0.1) is 0 Å². The number of imidazole rings is 1. The molecule has 3 rings (SSSR count). The number of nitrogens with two attached hydrogens (primary N) is 1. The first-order valence-corrected chi connectivity index (χ1v) is 7.66. The summed E-state index contributed by atoms with van der Waals surface area (Å²) in [7, 11) is 0. The molecule has 0 aliphatic rings. The number of para-hydroxylation sites is 1. The lowest BCUT2D eigenvalue weighted by molar-refractivity contribution is 0.100. The second-order valence-electron chi connectivity index (χ2n) is 5.39. The number of aliphatic hydroxyl groups excluding tert-OH is 1. The fraction of sp³-hybridized carbons (Fsp3) is 0.222. The summed E-state index contributed by atoms with van der Waals surface area (Å²) >= 11 is 0. The molecule has 1 heterocycles. The van der Waals surface area contributed by atoms with E-state index in [-0.39, 0.29) is 6.61 Å². The van der Waals surface area contributed by atoms with Gasteiger partial charge in [-0.2, -0.15) is 0 Å². The Kier molecular flexibility index (Phi) is 4.12. The highest BCUT2D eigenvalue weighted by Crippen LogP contribution is 2.25. The Hall–Kier alpha value is -2.66. The number of fused-ring (bicyclic) bond motifs is 1. The molecule has 2 aromatic carbocycles. The van der Waals surface area contributed by atoms with Gasteiger partial charge in [0, 0.05) is 18.7 Å². The molecule has 0 aliphatic heterocycles. The Morgan fingerprint density at radius 2 is 1.96 bits per heavy atom. The van der Waals surface area contributed by atoms with Crippen molar-refractivity contribution < 1.29 is 9.90 Å². The maximum Gasteiger partial charge on any atom is 0.250 e. The van der Waals surface area contributed by atoms with E-state index in [1.165, 1.54) is 0 Å². The number of hydrogen-bond donors (Lipinski definition) is 2. The average Bonchev–Trinajstić information content (AvgIpc) is 2.94. The summed E-state index contributed by atoms with van der Waals surface area (Å²) in [5.41, 5.74) is 9.46. The molecule has 1 amide bonds. The van der Waals surface area contributed by atoms with Crippen LogP contribution in [0.15, 0.2) is 42.5 Å². The molecular weight excluding hydrogens is 290 g/mol. The summed E-state index contributed by atoms with van der Waals surface area (Å²) in [4.78, 5) is 16.2. The van der Waals surface area contributed by atoms with Crippen LogP contribution in [0.2, 0.25) is 0 Å². The van der Waals surface area contributed by atoms with Gasteiger partial charge in [0.05, 0.1) is 11.1 Å². The number of primary amides is 1. The smallest absolute Gasteiger partial charge is 0.250 e. The van der Waals surface area contributed by atoms with Crippen LogP contribution in [0.4, 0.5) is 0 Å². The van der Waals surface area contributed by atoms with Crippen molar-refractivity contribution in [2.75, 3.05) is 6.61 Å². The van der Waals surface area contributed by atoms with E-state index in [2.05, 4.69) is 4.98 Å². The van der Waals surface area contributed by atoms with Crippen molar-refractivity contribution in [3.63, 3.8) is 0 Å². The highest BCUT2D eigenvalue weighted by molar-refractivity contribution is 6.04. The van der Waals surface area contributed by atoms with Gasteiger partial charge in [-0.05, 0) is 36.2 Å². The molecule has 0 saturated carbocycles. The number of carbonyl (C=O) groups is 1. The van der Waals surface area contributed by atoms with Crippen LogP contribution in [0.5, 0.6) is 0 Å². The number of nitrogens with zero attached hydrogens (tertiary/aromatic N) is 2. The van der Waals surface area contributed by atoms with Crippen LogP contribution in [-0.4, -0.2) is 27.2 Å². The lowest BCUT2D eigenvalue weighted by Crippen LogP contribution is -2.11. The van der Waals surface area contributed by atoms with Crippen molar-refractivity contribution in [1.29, 1.82) is 0 Å². The summed E-state index contributed by atoms with van der Waals surface area (Å²) in [5.74, 6) is 0.407. The summed E-state index contributed by atoms with van der Waals surface area (Å²) < 4.78 is 2.05. The predicted molar refractivity (Wildman–Crippen MR) is 89.8 cm³/mol. The fourth-order valence-electron chi connectivity index (χ4n) is 2.81. The lowest BCUT2D eigenvalue weighted by Gasteiger charge is -2.09. The Morgan fingerprint density at radius 3 is 2.57 bits per heavy atom. The Morgan fingerprint density at radius 1 is 1.22 bits per heavy atom. The van der Waals surface area contributed by atoms with E-state index < -0.39 is 5.91 Å². The van der Waals surface area contributed by atoms with Crippen molar-refractivity contribution in [3.05, 3.63) is 59.4 Å². The van der Waals surface area contributed by atoms with Crippen molar-refractivity contribution in [2.45, 2.75) is 19.8 Å². The third kappa shape index (κ3) is 2.71. The normalized spacial score (nSPS) is 11.0. The van der Waals surface area contributed by atoms with E-state index in [0.29, 0.717) is 17.5 Å². The van der Waals surface area contributed by atoms with E-state index in [9.17, 15) is 4.79 Å². The zero-order valence-electron chi connectivity index (χ0n) is 13.0. The molecule has 5 heteroatoms. The van der Waals surface area contributed by atoms with Gasteiger partial charge in [0.1, 0.15) is 11.3 Å². The topological polar surface area (TPSA) is 81.1 Å². The summed E-state index contributed by atoms with van der Waals surface area (Å²) in [5, 5.41) is 9.02. The third-order valence-electron chi connectivity index (χ3n) is 3.93. The molecule has 0 fully saturated rings. The van der Waals surface area contributed by atoms with E-state index in [0.717, 1.165) is 29.0 Å². The molecule has 0 saturated heterocycles. The van der Waals surface area contributed by atoms with Gasteiger partial charge >= 0.3 is 0 Å². The van der Waals surface area contributed by atoms with Gasteiger partial charge in [0.2, 0.25) is 0 Å². The van der Waals surface area contributed by atoms with Crippen LogP contribution in [0.25, 0.3) is 16.7 Å². The van der Waals surface area contributed by atoms with Gasteiger partial charge < -0.3 is 10.8 Å². The van der Waals surface area contributed by atoms with E-state index in [4.69, 9.17) is 10.8 Å². The van der Waals surface area contributed by atoms with Crippen molar-refractivity contribution in [3.8, 4) is 5.69 Å².